The Hall–Kier alpha value is -5.66. The molecule has 0 unspecified atom stereocenters. The maximum absolute atomic E-state index is 12.0. The van der Waals surface area contributed by atoms with Crippen LogP contribution in [0.5, 0.6) is 11.5 Å². The van der Waals surface area contributed by atoms with Crippen LogP contribution in [0.25, 0.3) is 21.9 Å². The first kappa shape index (κ1) is 27.9. The predicted molar refractivity (Wildman–Crippen MR) is 155 cm³/mol. The molecule has 0 atom stereocenters. The number of carboxylic acids is 1. The number of fused-ring (bicyclic) bond motifs is 1. The van der Waals surface area contributed by atoms with Gasteiger partial charge < -0.3 is 21.1 Å². The third-order valence-electron chi connectivity index (χ3n) is 6.18. The van der Waals surface area contributed by atoms with Gasteiger partial charge in [-0.3, -0.25) is 4.55 Å². The molecule has 0 heterocycles. The Balaban J connectivity index is 1.36. The zero-order valence-corrected chi connectivity index (χ0v) is 22.3. The first-order valence-electron chi connectivity index (χ1n) is 12.1. The molecule has 5 aromatic rings. The number of benzene rings is 5. The summed E-state index contributed by atoms with van der Waals surface area (Å²) < 4.78 is 33.7. The molecular weight excluding hydrogens is 562 g/mol. The number of aromatic carboxylic acids is 1. The lowest BCUT2D eigenvalue weighted by molar-refractivity contribution is 0.0693. The highest BCUT2D eigenvalue weighted by molar-refractivity contribution is 7.86. The molecule has 0 bridgehead atoms. The number of azo groups is 2. The highest BCUT2D eigenvalue weighted by Crippen LogP contribution is 2.42. The van der Waals surface area contributed by atoms with E-state index in [4.69, 9.17) is 10.8 Å². The lowest BCUT2D eigenvalue weighted by atomic mass is 10.1. The molecule has 12 nitrogen and oxygen atoms in total. The molecule has 0 radical (unpaired) electrons. The smallest absolute Gasteiger partial charge is 0.339 e. The van der Waals surface area contributed by atoms with E-state index in [0.717, 1.165) is 11.1 Å². The van der Waals surface area contributed by atoms with E-state index in [2.05, 4.69) is 20.5 Å². The first-order valence-corrected chi connectivity index (χ1v) is 13.6. The van der Waals surface area contributed by atoms with Gasteiger partial charge in [-0.15, -0.1) is 5.11 Å². The second-order valence-electron chi connectivity index (χ2n) is 9.03. The Bertz CT molecular complexity index is 2010. The third kappa shape index (κ3) is 5.91. The minimum Gasteiger partial charge on any atom is -0.507 e. The lowest BCUT2D eigenvalue weighted by Gasteiger charge is -2.09. The molecule has 13 heteroatoms. The minimum atomic E-state index is -4.73. The van der Waals surface area contributed by atoms with Gasteiger partial charge in [0.2, 0.25) is 0 Å². The second kappa shape index (κ2) is 11.1. The van der Waals surface area contributed by atoms with E-state index in [9.17, 15) is 28.0 Å². The van der Waals surface area contributed by atoms with E-state index in [1.54, 1.807) is 36.4 Å². The molecule has 6 N–H and O–H groups in total. The van der Waals surface area contributed by atoms with Crippen molar-refractivity contribution in [1.82, 2.24) is 0 Å². The largest absolute Gasteiger partial charge is 0.507 e. The van der Waals surface area contributed by atoms with Gasteiger partial charge in [0.15, 0.2) is 5.75 Å². The van der Waals surface area contributed by atoms with Gasteiger partial charge in [0.05, 0.1) is 17.1 Å². The molecule has 0 amide bonds. The summed E-state index contributed by atoms with van der Waals surface area (Å²) in [6, 6.07) is 23.4. The third-order valence-corrected chi connectivity index (χ3v) is 7.05. The van der Waals surface area contributed by atoms with Crippen LogP contribution in [-0.2, 0) is 10.1 Å². The van der Waals surface area contributed by atoms with Gasteiger partial charge in [0.25, 0.3) is 10.1 Å². The normalized spacial score (nSPS) is 11.9. The van der Waals surface area contributed by atoms with E-state index < -0.39 is 32.4 Å². The van der Waals surface area contributed by atoms with Crippen LogP contribution in [0.3, 0.4) is 0 Å². The van der Waals surface area contributed by atoms with E-state index in [1.807, 2.05) is 12.1 Å². The maximum atomic E-state index is 12.0. The highest BCUT2D eigenvalue weighted by atomic mass is 32.2. The van der Waals surface area contributed by atoms with Crippen LogP contribution < -0.4 is 5.73 Å². The molecule has 0 saturated heterocycles. The van der Waals surface area contributed by atoms with E-state index in [-0.39, 0.29) is 22.4 Å². The number of phenols is 2. The number of hydrogen-bond acceptors (Lipinski definition) is 10. The fraction of sp³-hybridized carbons (Fsp3) is 0. The number of nitrogen functional groups attached to an aromatic ring is 1. The Morgan fingerprint density at radius 1 is 0.690 bits per heavy atom. The molecule has 42 heavy (non-hydrogen) atoms. The quantitative estimate of drug-likeness (QED) is 0.0745. The number of nitrogens with zero attached hydrogens (tertiary/aromatic N) is 4. The summed E-state index contributed by atoms with van der Waals surface area (Å²) in [7, 11) is -4.73. The number of carbonyl (C=O) groups is 1. The van der Waals surface area contributed by atoms with Crippen LogP contribution in [-0.4, -0.2) is 34.3 Å². The van der Waals surface area contributed by atoms with E-state index in [0.29, 0.717) is 22.4 Å². The Morgan fingerprint density at radius 2 is 1.24 bits per heavy atom. The fourth-order valence-corrected chi connectivity index (χ4v) is 4.73. The predicted octanol–water partition coefficient (Wildman–Crippen LogP) is 7.28. The summed E-state index contributed by atoms with van der Waals surface area (Å²) in [4.78, 5) is 10.6. The average molecular weight is 584 g/mol. The monoisotopic (exact) mass is 583 g/mol. The zero-order valence-electron chi connectivity index (χ0n) is 21.4. The molecule has 0 aliphatic heterocycles. The summed E-state index contributed by atoms with van der Waals surface area (Å²) in [5.41, 5.74) is 8.24. The van der Waals surface area contributed by atoms with Gasteiger partial charge in [0.1, 0.15) is 21.9 Å². The van der Waals surface area contributed by atoms with Gasteiger partial charge in [-0.2, -0.15) is 23.8 Å². The molecule has 5 aromatic carbocycles. The van der Waals surface area contributed by atoms with Crippen molar-refractivity contribution >= 4 is 55.3 Å². The number of phenolic OH excluding ortho intramolecular Hbond substituents is 1. The molecule has 0 fully saturated rings. The number of hydrogen-bond donors (Lipinski definition) is 5. The van der Waals surface area contributed by atoms with Crippen molar-refractivity contribution in [3.8, 4) is 22.6 Å². The highest BCUT2D eigenvalue weighted by Gasteiger charge is 2.22. The lowest BCUT2D eigenvalue weighted by Crippen LogP contribution is -1.99. The minimum absolute atomic E-state index is 0.253. The van der Waals surface area contributed by atoms with Crippen LogP contribution in [0, 0.1) is 0 Å². The van der Waals surface area contributed by atoms with Crippen molar-refractivity contribution in [3.05, 3.63) is 96.6 Å². The van der Waals surface area contributed by atoms with Crippen LogP contribution in [0.4, 0.5) is 28.4 Å². The summed E-state index contributed by atoms with van der Waals surface area (Å²) in [6.45, 7) is 0. The van der Waals surface area contributed by atoms with Gasteiger partial charge >= 0.3 is 5.97 Å². The zero-order chi connectivity index (χ0) is 30.0. The first-order chi connectivity index (χ1) is 20.0. The Labute approximate surface area is 238 Å². The topological polar surface area (TPSA) is 208 Å². The molecule has 5 rings (SSSR count). The molecule has 0 aliphatic carbocycles. The molecule has 210 valence electrons. The van der Waals surface area contributed by atoms with Gasteiger partial charge in [-0.25, -0.2) is 4.79 Å². The molecule has 0 saturated carbocycles. The number of aromatic hydroxyl groups is 2. The van der Waals surface area contributed by atoms with Gasteiger partial charge in [0, 0.05) is 11.1 Å². The molecule has 0 aromatic heterocycles. The SMILES string of the molecule is Nc1ccc2cc(S(=O)(=O)O)c(N=Nc3ccc(-c4ccc(N=Nc5ccc(O)c(C(=O)O)c5)cc4)cc3)c(O)c2c1. The van der Waals surface area contributed by atoms with Crippen molar-refractivity contribution in [2.24, 2.45) is 20.5 Å². The van der Waals surface area contributed by atoms with Crippen molar-refractivity contribution in [2.75, 3.05) is 5.73 Å². The summed E-state index contributed by atoms with van der Waals surface area (Å²) in [6.07, 6.45) is 0. The van der Waals surface area contributed by atoms with Crippen LogP contribution in [0.1, 0.15) is 10.4 Å². The molecule has 0 spiro atoms. The Morgan fingerprint density at radius 3 is 1.81 bits per heavy atom. The summed E-state index contributed by atoms with van der Waals surface area (Å²) in [5, 5.41) is 46.1. The number of carboxylic acid groups (broad SMARTS) is 1. The second-order valence-corrected chi connectivity index (χ2v) is 10.4. The van der Waals surface area contributed by atoms with Crippen LogP contribution in [0.2, 0.25) is 0 Å². The van der Waals surface area contributed by atoms with Crippen molar-refractivity contribution in [3.63, 3.8) is 0 Å². The Kier molecular flexibility index (Phi) is 7.35. The van der Waals surface area contributed by atoms with Crippen molar-refractivity contribution in [2.45, 2.75) is 4.90 Å². The van der Waals surface area contributed by atoms with E-state index >= 15 is 0 Å². The number of nitrogens with two attached hydrogens (primary N) is 1. The van der Waals surface area contributed by atoms with E-state index in [1.165, 1.54) is 42.5 Å². The van der Waals surface area contributed by atoms with Crippen molar-refractivity contribution in [1.29, 1.82) is 0 Å². The van der Waals surface area contributed by atoms with Crippen LogP contribution in [0.15, 0.2) is 116 Å². The van der Waals surface area contributed by atoms with Gasteiger partial charge in [-0.1, -0.05) is 30.3 Å². The van der Waals surface area contributed by atoms with Gasteiger partial charge in [-0.05, 0) is 77.2 Å². The summed E-state index contributed by atoms with van der Waals surface area (Å²) >= 11 is 0. The fourth-order valence-electron chi connectivity index (χ4n) is 4.07. The number of anilines is 1. The standard InChI is InChI=1S/C29H21N5O7S/c30-19-6-1-18-13-26(42(39,40)41)27(28(36)23(18)14-19)34-32-21-9-4-17(5-10-21)16-2-7-20(8-3-16)31-33-22-11-12-25(35)24(15-22)29(37)38/h1-15,35-36H,30H2,(H,37,38)(H,39,40,41). The average Bonchev–Trinajstić information content (AvgIpc) is 2.96. The number of rotatable bonds is 7. The van der Waals surface area contributed by atoms with Crippen molar-refractivity contribution < 1.29 is 33.1 Å². The molecule has 0 aliphatic rings. The molecular formula is C29H21N5O7S. The van der Waals surface area contributed by atoms with Crippen LogP contribution >= 0.6 is 0 Å². The maximum Gasteiger partial charge on any atom is 0.339 e. The summed E-state index contributed by atoms with van der Waals surface area (Å²) in [5.74, 6) is -2.13.